The number of rotatable bonds is 10. The Bertz CT molecular complexity index is 2460. The summed E-state index contributed by atoms with van der Waals surface area (Å²) < 4.78 is 86.8. The molecule has 0 saturated heterocycles. The van der Waals surface area contributed by atoms with Crippen molar-refractivity contribution in [2.24, 2.45) is 7.05 Å². The highest BCUT2D eigenvalue weighted by Gasteiger charge is 2.30. The zero-order valence-corrected chi connectivity index (χ0v) is 29.7. The molecule has 0 bridgehead atoms. The molecule has 2 aromatic carbocycles. The van der Waals surface area contributed by atoms with Crippen molar-refractivity contribution < 1.29 is 30.8 Å². The Kier molecular flexibility index (Phi) is 9.00. The van der Waals surface area contributed by atoms with Gasteiger partial charge in [0.25, 0.3) is 6.43 Å². The first-order valence-corrected chi connectivity index (χ1v) is 18.8. The Labute approximate surface area is 297 Å². The maximum atomic E-state index is 14.5. The summed E-state index contributed by atoms with van der Waals surface area (Å²) in [6.07, 6.45) is -0.344. The molecular weight excluding hydrogens is 732 g/mol. The Morgan fingerprint density at radius 3 is 2.49 bits per heavy atom. The molecule has 0 spiro atoms. The number of anilines is 1. The molecule has 0 unspecified atom stereocenters. The van der Waals surface area contributed by atoms with Crippen LogP contribution in [0.5, 0.6) is 0 Å². The van der Waals surface area contributed by atoms with E-state index in [9.17, 15) is 30.8 Å². The number of aryl methyl sites for hydroxylation is 2. The number of sulfonamides is 1. The lowest BCUT2D eigenvalue weighted by Gasteiger charge is -2.22. The molecule has 18 heteroatoms. The summed E-state index contributed by atoms with van der Waals surface area (Å²) in [5.74, 6) is -2.24. The number of halogens is 5. The maximum Gasteiger partial charge on any atom is 0.282 e. The molecule has 2 N–H and O–H groups in total. The molecule has 7 rings (SSSR count). The minimum atomic E-state index is -3.75. The van der Waals surface area contributed by atoms with Crippen LogP contribution in [0.1, 0.15) is 52.1 Å². The van der Waals surface area contributed by atoms with Crippen molar-refractivity contribution in [2.45, 2.75) is 51.6 Å². The molecule has 0 saturated carbocycles. The Morgan fingerprint density at radius 2 is 1.78 bits per heavy atom. The lowest BCUT2D eigenvalue weighted by atomic mass is 9.94. The number of amides is 1. The van der Waals surface area contributed by atoms with E-state index >= 15 is 0 Å². The third-order valence-corrected chi connectivity index (χ3v) is 10.4. The van der Waals surface area contributed by atoms with Crippen molar-refractivity contribution in [3.05, 3.63) is 86.3 Å². The molecule has 0 radical (unpaired) electrons. The summed E-state index contributed by atoms with van der Waals surface area (Å²) in [6, 6.07) is 7.10. The van der Waals surface area contributed by atoms with Crippen LogP contribution in [-0.2, 0) is 47.7 Å². The monoisotopic (exact) mass is 760 g/mol. The van der Waals surface area contributed by atoms with Crippen molar-refractivity contribution in [3.8, 4) is 11.1 Å². The number of hydrogen-bond acceptors (Lipinski definition) is 8. The van der Waals surface area contributed by atoms with E-state index in [0.29, 0.717) is 67.9 Å². The van der Waals surface area contributed by atoms with E-state index in [-0.39, 0.29) is 40.8 Å². The van der Waals surface area contributed by atoms with E-state index < -0.39 is 40.0 Å². The van der Waals surface area contributed by atoms with Gasteiger partial charge in [-0.05, 0) is 62.4 Å². The summed E-state index contributed by atoms with van der Waals surface area (Å²) in [7, 11) is -2.13. The van der Waals surface area contributed by atoms with Gasteiger partial charge in [0.1, 0.15) is 23.9 Å². The van der Waals surface area contributed by atoms with Crippen LogP contribution >= 0.6 is 22.9 Å². The SMILES string of the molecule is Cc1nc2nc([C@H](Cc3cc(F)cc(F)c3)NC(=O)Cn3nc(C(F)F)c4c3CCC4)c(-c3ccc(Cl)c4c(NS(C)(=O)=O)nn(C)c34)cc2s1. The van der Waals surface area contributed by atoms with Crippen molar-refractivity contribution in [3.63, 3.8) is 0 Å². The molecule has 51 heavy (non-hydrogen) atoms. The van der Waals surface area contributed by atoms with Gasteiger partial charge in [0, 0.05) is 35.5 Å². The van der Waals surface area contributed by atoms with Gasteiger partial charge in [-0.2, -0.15) is 10.2 Å². The molecule has 1 aliphatic carbocycles. The van der Waals surface area contributed by atoms with Gasteiger partial charge in [0.05, 0.1) is 43.6 Å². The zero-order chi connectivity index (χ0) is 36.4. The highest BCUT2D eigenvalue weighted by molar-refractivity contribution is 7.92. The Hall–Kier alpha value is -4.61. The van der Waals surface area contributed by atoms with Crippen LogP contribution in [0.15, 0.2) is 36.4 Å². The molecule has 4 heterocycles. The predicted molar refractivity (Wildman–Crippen MR) is 185 cm³/mol. The Balaban J connectivity index is 1.39. The Morgan fingerprint density at radius 1 is 1.04 bits per heavy atom. The lowest BCUT2D eigenvalue weighted by molar-refractivity contribution is -0.122. The highest BCUT2D eigenvalue weighted by Crippen LogP contribution is 2.41. The van der Waals surface area contributed by atoms with Gasteiger partial charge in [-0.15, -0.1) is 11.3 Å². The predicted octanol–water partition coefficient (Wildman–Crippen LogP) is 6.58. The number of alkyl halides is 2. The number of benzene rings is 2. The fourth-order valence-electron chi connectivity index (χ4n) is 6.71. The minimum absolute atomic E-state index is 0.00100. The van der Waals surface area contributed by atoms with E-state index in [2.05, 4.69) is 25.2 Å². The largest absolute Gasteiger partial charge is 0.346 e. The highest BCUT2D eigenvalue weighted by atomic mass is 35.5. The average molecular weight is 761 g/mol. The molecule has 1 atom stereocenters. The molecule has 4 aromatic heterocycles. The summed E-state index contributed by atoms with van der Waals surface area (Å²) in [5, 5.41) is 12.6. The molecular formula is C33H29ClF4N8O3S2. The second-order valence-corrected chi connectivity index (χ2v) is 15.8. The average Bonchev–Trinajstić information content (AvgIpc) is 3.79. The summed E-state index contributed by atoms with van der Waals surface area (Å²) >= 11 is 7.99. The van der Waals surface area contributed by atoms with E-state index in [0.717, 1.165) is 24.5 Å². The number of fused-ring (bicyclic) bond motifs is 3. The van der Waals surface area contributed by atoms with E-state index in [4.69, 9.17) is 16.6 Å². The van der Waals surface area contributed by atoms with Crippen molar-refractivity contribution in [1.82, 2.24) is 34.8 Å². The molecule has 1 aliphatic rings. The smallest absolute Gasteiger partial charge is 0.282 e. The van der Waals surface area contributed by atoms with Gasteiger partial charge >= 0.3 is 0 Å². The first kappa shape index (κ1) is 34.8. The quantitative estimate of drug-likeness (QED) is 0.151. The van der Waals surface area contributed by atoms with Crippen LogP contribution < -0.4 is 10.0 Å². The maximum absolute atomic E-state index is 14.5. The topological polar surface area (TPSA) is 137 Å². The third-order valence-electron chi connectivity index (χ3n) is 8.59. The molecule has 266 valence electrons. The lowest BCUT2D eigenvalue weighted by Crippen LogP contribution is -2.34. The van der Waals surface area contributed by atoms with Crippen molar-refractivity contribution in [1.29, 1.82) is 0 Å². The summed E-state index contributed by atoms with van der Waals surface area (Å²) in [4.78, 5) is 23.2. The fraction of sp³-hybridized carbons (Fsp3) is 0.303. The van der Waals surface area contributed by atoms with Crippen LogP contribution in [0.3, 0.4) is 0 Å². The third kappa shape index (κ3) is 6.89. The number of thiazole rings is 1. The van der Waals surface area contributed by atoms with E-state index in [1.54, 1.807) is 26.1 Å². The standard InChI is InChI=1S/C33H29ClF4N8O3S2/c1-15-39-32-25(50-15)13-21(19-7-8-22(34)27-30(19)45(2)43-33(27)44-51(3,48)49)28(41-32)23(11-16-9-17(35)12-18(36)10-16)40-26(47)14-46-24-6-4-5-20(24)29(42-46)31(37)38/h7-10,12-13,23,31H,4-6,11,14H2,1-3H3,(H,40,47)(H,43,44)/t23-/m0/s1. The zero-order valence-electron chi connectivity index (χ0n) is 27.3. The fourth-order valence-corrected chi connectivity index (χ4v) is 8.26. The first-order chi connectivity index (χ1) is 24.1. The molecule has 6 aromatic rings. The van der Waals surface area contributed by atoms with Crippen LogP contribution in [0.4, 0.5) is 23.4 Å². The molecule has 0 aliphatic heterocycles. The normalized spacial score (nSPS) is 13.7. The second kappa shape index (κ2) is 13.2. The van der Waals surface area contributed by atoms with Crippen LogP contribution in [0, 0.1) is 18.6 Å². The van der Waals surface area contributed by atoms with Gasteiger partial charge in [-0.25, -0.2) is 35.9 Å². The van der Waals surface area contributed by atoms with Crippen LogP contribution in [-0.4, -0.2) is 50.1 Å². The first-order valence-electron chi connectivity index (χ1n) is 15.7. The van der Waals surface area contributed by atoms with Gasteiger partial charge in [-0.1, -0.05) is 17.7 Å². The van der Waals surface area contributed by atoms with Crippen LogP contribution in [0.2, 0.25) is 5.02 Å². The number of pyridine rings is 1. The van der Waals surface area contributed by atoms with Crippen molar-refractivity contribution >= 4 is 65.9 Å². The number of hydrogen-bond donors (Lipinski definition) is 2. The van der Waals surface area contributed by atoms with Gasteiger partial charge < -0.3 is 5.32 Å². The van der Waals surface area contributed by atoms with E-state index in [1.165, 1.54) is 20.7 Å². The summed E-state index contributed by atoms with van der Waals surface area (Å²) in [5.41, 5.74) is 2.94. The van der Waals surface area contributed by atoms with Gasteiger partial charge in [0.2, 0.25) is 15.9 Å². The summed E-state index contributed by atoms with van der Waals surface area (Å²) in [6.45, 7) is 1.42. The number of nitrogens with one attached hydrogen (secondary N) is 2. The molecule has 11 nitrogen and oxygen atoms in total. The van der Waals surface area contributed by atoms with E-state index in [1.807, 2.05) is 6.07 Å². The number of nitrogens with zero attached hydrogens (tertiary/aromatic N) is 6. The second-order valence-electron chi connectivity index (χ2n) is 12.4. The van der Waals surface area contributed by atoms with Gasteiger partial charge in [-0.3, -0.25) is 18.9 Å². The number of carbonyl (C=O) groups excluding carboxylic acids is 1. The van der Waals surface area contributed by atoms with Crippen LogP contribution in [0.25, 0.3) is 32.4 Å². The number of aromatic nitrogens is 6. The number of carbonyl (C=O) groups is 1. The van der Waals surface area contributed by atoms with Crippen molar-refractivity contribution in [2.75, 3.05) is 11.0 Å². The minimum Gasteiger partial charge on any atom is -0.346 e. The van der Waals surface area contributed by atoms with Gasteiger partial charge in [0.15, 0.2) is 11.5 Å². The molecule has 1 amide bonds. The molecule has 0 fully saturated rings.